The van der Waals surface area contributed by atoms with E-state index >= 15 is 0 Å². The first-order chi connectivity index (χ1) is 7.09. The maximum absolute atomic E-state index is 13.3. The van der Waals surface area contributed by atoms with E-state index < -0.39 is 11.7 Å². The number of carbonyl (C=O) groups is 1. The van der Waals surface area contributed by atoms with E-state index in [-0.39, 0.29) is 11.3 Å². The summed E-state index contributed by atoms with van der Waals surface area (Å²) in [6.45, 7) is -0.0533. The summed E-state index contributed by atoms with van der Waals surface area (Å²) < 4.78 is 15.1. The Morgan fingerprint density at radius 3 is 3.00 bits per heavy atom. The average molecular weight is 225 g/mol. The molecule has 0 saturated carbocycles. The largest absolute Gasteiger partial charge is 0.368 e. The summed E-state index contributed by atoms with van der Waals surface area (Å²) in [6, 6.07) is 4.55. The van der Waals surface area contributed by atoms with Crippen molar-refractivity contribution in [2.45, 2.75) is 6.54 Å². The van der Waals surface area contributed by atoms with Gasteiger partial charge in [0.1, 0.15) is 17.9 Å². The van der Waals surface area contributed by atoms with Crippen LogP contribution >= 0.6 is 12.2 Å². The lowest BCUT2D eigenvalue weighted by Crippen LogP contribution is -2.18. The van der Waals surface area contributed by atoms with Gasteiger partial charge in [0.15, 0.2) is 4.77 Å². The lowest BCUT2D eigenvalue weighted by molar-refractivity contribution is -0.118. The lowest BCUT2D eigenvalue weighted by Gasteiger charge is -1.99. The molecule has 2 rings (SSSR count). The van der Waals surface area contributed by atoms with Crippen LogP contribution in [0.15, 0.2) is 18.2 Å². The number of nitrogens with zero attached hydrogens (tertiary/aromatic N) is 1. The van der Waals surface area contributed by atoms with Crippen molar-refractivity contribution in [1.29, 1.82) is 0 Å². The van der Waals surface area contributed by atoms with Crippen molar-refractivity contribution in [2.24, 2.45) is 5.73 Å². The zero-order valence-electron chi connectivity index (χ0n) is 7.66. The molecule has 0 saturated heterocycles. The number of fused-ring (bicyclic) bond motifs is 1. The van der Waals surface area contributed by atoms with Gasteiger partial charge in [-0.2, -0.15) is 0 Å². The molecule has 0 aliphatic carbocycles. The van der Waals surface area contributed by atoms with Gasteiger partial charge in [-0.1, -0.05) is 6.07 Å². The second-order valence-electron chi connectivity index (χ2n) is 3.12. The van der Waals surface area contributed by atoms with Gasteiger partial charge in [0.05, 0.1) is 5.52 Å². The maximum Gasteiger partial charge on any atom is 0.237 e. The molecule has 0 atom stereocenters. The molecule has 0 aliphatic heterocycles. The molecule has 1 aromatic carbocycles. The zero-order valence-corrected chi connectivity index (χ0v) is 8.47. The average Bonchev–Trinajstić information content (AvgIpc) is 2.45. The lowest BCUT2D eigenvalue weighted by atomic mass is 10.3. The maximum atomic E-state index is 13.3. The second kappa shape index (κ2) is 3.47. The highest BCUT2D eigenvalue weighted by molar-refractivity contribution is 7.71. The summed E-state index contributed by atoms with van der Waals surface area (Å²) >= 11 is 4.96. The van der Waals surface area contributed by atoms with E-state index in [2.05, 4.69) is 4.98 Å². The van der Waals surface area contributed by atoms with Crippen LogP contribution in [-0.4, -0.2) is 15.5 Å². The fourth-order valence-corrected chi connectivity index (χ4v) is 1.72. The molecular weight excluding hydrogens is 217 g/mol. The number of H-pyrrole nitrogens is 1. The highest BCUT2D eigenvalue weighted by Crippen LogP contribution is 2.16. The van der Waals surface area contributed by atoms with Gasteiger partial charge in [0, 0.05) is 0 Å². The van der Waals surface area contributed by atoms with E-state index in [1.807, 2.05) is 0 Å². The molecule has 0 radical (unpaired) electrons. The number of aromatic amines is 1. The summed E-state index contributed by atoms with van der Waals surface area (Å²) in [6.07, 6.45) is 0. The van der Waals surface area contributed by atoms with Gasteiger partial charge in [0.25, 0.3) is 0 Å². The van der Waals surface area contributed by atoms with Gasteiger partial charge in [-0.15, -0.1) is 0 Å². The minimum Gasteiger partial charge on any atom is -0.368 e. The number of hydrogen-bond donors (Lipinski definition) is 2. The third-order valence-corrected chi connectivity index (χ3v) is 2.40. The highest BCUT2D eigenvalue weighted by Gasteiger charge is 2.09. The van der Waals surface area contributed by atoms with E-state index in [0.29, 0.717) is 11.0 Å². The fourth-order valence-electron chi connectivity index (χ4n) is 1.46. The quantitative estimate of drug-likeness (QED) is 0.757. The molecule has 1 heterocycles. The molecule has 15 heavy (non-hydrogen) atoms. The van der Waals surface area contributed by atoms with E-state index in [1.165, 1.54) is 10.6 Å². The number of nitrogens with one attached hydrogen (secondary N) is 1. The summed E-state index contributed by atoms with van der Waals surface area (Å²) in [5.74, 6) is -0.918. The van der Waals surface area contributed by atoms with Crippen LogP contribution in [0.1, 0.15) is 0 Å². The molecule has 0 spiro atoms. The number of para-hydroxylation sites is 1. The Morgan fingerprint density at radius 1 is 1.60 bits per heavy atom. The summed E-state index contributed by atoms with van der Waals surface area (Å²) in [5.41, 5.74) is 5.90. The Kier molecular flexibility index (Phi) is 2.28. The van der Waals surface area contributed by atoms with Crippen molar-refractivity contribution in [2.75, 3.05) is 0 Å². The predicted molar refractivity (Wildman–Crippen MR) is 56.3 cm³/mol. The number of amides is 1. The van der Waals surface area contributed by atoms with Crippen LogP contribution in [0.3, 0.4) is 0 Å². The number of benzene rings is 1. The van der Waals surface area contributed by atoms with Gasteiger partial charge in [-0.05, 0) is 24.4 Å². The normalized spacial score (nSPS) is 10.7. The number of aromatic nitrogens is 2. The van der Waals surface area contributed by atoms with E-state index in [9.17, 15) is 9.18 Å². The topological polar surface area (TPSA) is 63.8 Å². The Balaban J connectivity index is 2.74. The summed E-state index contributed by atoms with van der Waals surface area (Å²) in [7, 11) is 0. The predicted octanol–water partition coefficient (Wildman–Crippen LogP) is 1.32. The van der Waals surface area contributed by atoms with Gasteiger partial charge in [-0.3, -0.25) is 4.79 Å². The number of imidazole rings is 1. The van der Waals surface area contributed by atoms with Crippen molar-refractivity contribution in [3.05, 3.63) is 28.8 Å². The Morgan fingerprint density at radius 2 is 2.33 bits per heavy atom. The van der Waals surface area contributed by atoms with Gasteiger partial charge in [0.2, 0.25) is 5.91 Å². The number of rotatable bonds is 2. The third-order valence-electron chi connectivity index (χ3n) is 2.07. The summed E-state index contributed by atoms with van der Waals surface area (Å²) in [4.78, 5) is 13.5. The number of hydrogen-bond acceptors (Lipinski definition) is 2. The molecule has 2 aromatic rings. The standard InChI is InChI=1S/C9H8FN3OS/c10-5-2-1-3-6-8(5)12-9(15)13(6)4-7(11)14/h1-3H,4H2,(H2,11,14)(H,12,15). The Bertz CT molecular complexity index is 587. The van der Waals surface area contributed by atoms with Crippen LogP contribution < -0.4 is 5.73 Å². The minimum atomic E-state index is -0.517. The van der Waals surface area contributed by atoms with Gasteiger partial charge in [-0.25, -0.2) is 4.39 Å². The van der Waals surface area contributed by atoms with Crippen LogP contribution in [0.5, 0.6) is 0 Å². The van der Waals surface area contributed by atoms with Crippen LogP contribution in [0.25, 0.3) is 11.0 Å². The highest BCUT2D eigenvalue weighted by atomic mass is 32.1. The van der Waals surface area contributed by atoms with Gasteiger partial charge >= 0.3 is 0 Å². The van der Waals surface area contributed by atoms with Crippen LogP contribution in [0, 0.1) is 10.6 Å². The third kappa shape index (κ3) is 1.63. The summed E-state index contributed by atoms with van der Waals surface area (Å²) in [5, 5.41) is 0. The van der Waals surface area contributed by atoms with E-state index in [0.717, 1.165) is 0 Å². The van der Waals surface area contributed by atoms with E-state index in [1.54, 1.807) is 12.1 Å². The van der Waals surface area contributed by atoms with Gasteiger partial charge < -0.3 is 15.3 Å². The van der Waals surface area contributed by atoms with Crippen molar-refractivity contribution in [3.8, 4) is 0 Å². The fraction of sp³-hybridized carbons (Fsp3) is 0.111. The van der Waals surface area contributed by atoms with Crippen LogP contribution in [-0.2, 0) is 11.3 Å². The molecule has 1 amide bonds. The molecule has 6 heteroatoms. The molecular formula is C9H8FN3OS. The van der Waals surface area contributed by atoms with Crippen LogP contribution in [0.2, 0.25) is 0 Å². The van der Waals surface area contributed by atoms with E-state index in [4.69, 9.17) is 18.0 Å². The first-order valence-electron chi connectivity index (χ1n) is 4.25. The Labute approximate surface area is 89.5 Å². The number of nitrogens with two attached hydrogens (primary N) is 1. The first-order valence-corrected chi connectivity index (χ1v) is 4.66. The molecule has 0 fully saturated rings. The molecule has 0 bridgehead atoms. The number of carbonyl (C=O) groups excluding carboxylic acids is 1. The zero-order chi connectivity index (χ0) is 11.0. The Hall–Kier alpha value is -1.69. The van der Waals surface area contributed by atoms with Crippen LogP contribution in [0.4, 0.5) is 4.39 Å². The monoisotopic (exact) mass is 225 g/mol. The molecule has 1 aromatic heterocycles. The minimum absolute atomic E-state index is 0.0533. The SMILES string of the molecule is NC(=O)Cn1c(=S)[nH]c2c(F)cccc21. The molecule has 78 valence electrons. The number of halogens is 1. The van der Waals surface area contributed by atoms with Crippen molar-refractivity contribution >= 4 is 29.2 Å². The molecule has 0 unspecified atom stereocenters. The first kappa shape index (κ1) is 9.85. The molecule has 3 N–H and O–H groups in total. The second-order valence-corrected chi connectivity index (χ2v) is 3.50. The number of primary amides is 1. The smallest absolute Gasteiger partial charge is 0.237 e. The molecule has 4 nitrogen and oxygen atoms in total. The molecule has 0 aliphatic rings. The van der Waals surface area contributed by atoms with Crippen molar-refractivity contribution in [1.82, 2.24) is 9.55 Å². The van der Waals surface area contributed by atoms with Crippen molar-refractivity contribution < 1.29 is 9.18 Å². The van der Waals surface area contributed by atoms with Crippen molar-refractivity contribution in [3.63, 3.8) is 0 Å².